The van der Waals surface area contributed by atoms with Crippen molar-refractivity contribution in [1.29, 1.82) is 0 Å². The van der Waals surface area contributed by atoms with Gasteiger partial charge in [0.1, 0.15) is 5.75 Å². The summed E-state index contributed by atoms with van der Waals surface area (Å²) in [6, 6.07) is 8.44. The number of ether oxygens (including phenoxy) is 1. The molecule has 0 saturated heterocycles. The second-order valence-corrected chi connectivity index (χ2v) is 3.68. The largest absolute Gasteiger partial charge is 0.481 e. The third-order valence-electron chi connectivity index (χ3n) is 2.11. The number of para-hydroxylation sites is 1. The third-order valence-corrected chi connectivity index (χ3v) is 2.11. The van der Waals surface area contributed by atoms with Crippen molar-refractivity contribution in [2.45, 2.75) is 25.8 Å². The molecule has 5 nitrogen and oxygen atoms in total. The Hall–Kier alpha value is -2.04. The Morgan fingerprint density at radius 3 is 2.59 bits per heavy atom. The van der Waals surface area contributed by atoms with Gasteiger partial charge in [0.25, 0.3) is 0 Å². The molecule has 1 amide bonds. The molecule has 1 rings (SSSR count). The van der Waals surface area contributed by atoms with Gasteiger partial charge in [-0.2, -0.15) is 0 Å². The van der Waals surface area contributed by atoms with E-state index in [1.165, 1.54) is 0 Å². The van der Waals surface area contributed by atoms with E-state index < -0.39 is 12.1 Å². The average molecular weight is 237 g/mol. The lowest BCUT2D eigenvalue weighted by Crippen LogP contribution is -2.35. The molecule has 0 spiro atoms. The van der Waals surface area contributed by atoms with E-state index in [4.69, 9.17) is 9.84 Å². The molecule has 92 valence electrons. The van der Waals surface area contributed by atoms with E-state index in [1.807, 2.05) is 6.07 Å². The van der Waals surface area contributed by atoms with Gasteiger partial charge in [-0.25, -0.2) is 4.79 Å². The zero-order valence-corrected chi connectivity index (χ0v) is 9.55. The van der Waals surface area contributed by atoms with E-state index in [9.17, 15) is 9.59 Å². The highest BCUT2D eigenvalue weighted by atomic mass is 16.6. The minimum Gasteiger partial charge on any atom is -0.481 e. The van der Waals surface area contributed by atoms with Crippen LogP contribution in [-0.2, 0) is 4.79 Å². The Morgan fingerprint density at radius 1 is 1.35 bits per heavy atom. The van der Waals surface area contributed by atoms with E-state index in [2.05, 4.69) is 5.32 Å². The van der Waals surface area contributed by atoms with Crippen LogP contribution in [0, 0.1) is 0 Å². The second kappa shape index (κ2) is 6.52. The van der Waals surface area contributed by atoms with Crippen LogP contribution >= 0.6 is 0 Å². The Kier molecular flexibility index (Phi) is 5.00. The van der Waals surface area contributed by atoms with Gasteiger partial charge in [-0.3, -0.25) is 4.79 Å². The van der Waals surface area contributed by atoms with Crippen molar-refractivity contribution in [1.82, 2.24) is 5.32 Å². The number of nitrogens with one attached hydrogen (secondary N) is 1. The monoisotopic (exact) mass is 237 g/mol. The smallest absolute Gasteiger partial charge is 0.412 e. The molecule has 0 fully saturated rings. The summed E-state index contributed by atoms with van der Waals surface area (Å²) in [5.41, 5.74) is 0. The molecule has 0 aliphatic heterocycles. The van der Waals surface area contributed by atoms with Crippen molar-refractivity contribution in [3.05, 3.63) is 30.3 Å². The van der Waals surface area contributed by atoms with E-state index in [1.54, 1.807) is 31.2 Å². The van der Waals surface area contributed by atoms with E-state index in [0.717, 1.165) is 0 Å². The zero-order valence-electron chi connectivity index (χ0n) is 9.55. The number of hydrogen-bond donors (Lipinski definition) is 2. The molecule has 1 atom stereocenters. The molecule has 2 N–H and O–H groups in total. The Balaban J connectivity index is 2.32. The first kappa shape index (κ1) is 13.0. The van der Waals surface area contributed by atoms with Crippen molar-refractivity contribution in [2.24, 2.45) is 0 Å². The molecule has 0 aromatic heterocycles. The molecule has 0 aliphatic rings. The summed E-state index contributed by atoms with van der Waals surface area (Å²) < 4.78 is 4.99. The maximum absolute atomic E-state index is 11.4. The molecule has 0 radical (unpaired) electrons. The van der Waals surface area contributed by atoms with Crippen molar-refractivity contribution >= 4 is 12.1 Å². The van der Waals surface area contributed by atoms with Gasteiger partial charge >= 0.3 is 12.1 Å². The van der Waals surface area contributed by atoms with Crippen molar-refractivity contribution in [2.75, 3.05) is 0 Å². The summed E-state index contributed by atoms with van der Waals surface area (Å²) in [5, 5.41) is 11.0. The average Bonchev–Trinajstić information content (AvgIpc) is 2.27. The van der Waals surface area contributed by atoms with Crippen LogP contribution in [0.5, 0.6) is 5.75 Å². The Morgan fingerprint density at radius 2 is 2.00 bits per heavy atom. The van der Waals surface area contributed by atoms with Crippen LogP contribution in [0.2, 0.25) is 0 Å². The van der Waals surface area contributed by atoms with Gasteiger partial charge in [0.2, 0.25) is 0 Å². The first-order valence-electron chi connectivity index (χ1n) is 5.33. The van der Waals surface area contributed by atoms with Crippen LogP contribution in [0.1, 0.15) is 19.8 Å². The molecular formula is C12H15NO4. The molecule has 1 aromatic carbocycles. The van der Waals surface area contributed by atoms with Crippen LogP contribution < -0.4 is 10.1 Å². The maximum Gasteiger partial charge on any atom is 0.412 e. The quantitative estimate of drug-likeness (QED) is 0.821. The van der Waals surface area contributed by atoms with Gasteiger partial charge in [-0.05, 0) is 25.5 Å². The predicted octanol–water partition coefficient (Wildman–Crippen LogP) is 2.03. The molecule has 0 saturated carbocycles. The number of carbonyl (C=O) groups is 2. The standard InChI is InChI=1S/C12H15NO4/c1-9(7-8-11(14)15)13-12(16)17-10-5-3-2-4-6-10/h2-6,9H,7-8H2,1H3,(H,13,16)(H,14,15). The molecule has 0 aliphatic carbocycles. The first-order valence-corrected chi connectivity index (χ1v) is 5.33. The molecule has 0 bridgehead atoms. The number of benzene rings is 1. The molecule has 17 heavy (non-hydrogen) atoms. The number of carboxylic acid groups (broad SMARTS) is 1. The van der Waals surface area contributed by atoms with Crippen molar-refractivity contribution in [3.8, 4) is 5.75 Å². The highest BCUT2D eigenvalue weighted by Gasteiger charge is 2.10. The lowest BCUT2D eigenvalue weighted by atomic mass is 10.2. The van der Waals surface area contributed by atoms with Gasteiger partial charge in [0.05, 0.1) is 0 Å². The maximum atomic E-state index is 11.4. The summed E-state index contributed by atoms with van der Waals surface area (Å²) in [5.74, 6) is -0.425. The number of carboxylic acids is 1. The highest BCUT2D eigenvalue weighted by Crippen LogP contribution is 2.08. The van der Waals surface area contributed by atoms with Crippen molar-refractivity contribution in [3.63, 3.8) is 0 Å². The van der Waals surface area contributed by atoms with Crippen LogP contribution in [-0.4, -0.2) is 23.2 Å². The van der Waals surface area contributed by atoms with Crippen LogP contribution in [0.15, 0.2) is 30.3 Å². The second-order valence-electron chi connectivity index (χ2n) is 3.68. The molecule has 5 heteroatoms. The summed E-state index contributed by atoms with van der Waals surface area (Å²) in [6.45, 7) is 1.73. The number of hydrogen-bond acceptors (Lipinski definition) is 3. The van der Waals surface area contributed by atoms with Gasteiger partial charge < -0.3 is 15.2 Å². The lowest BCUT2D eigenvalue weighted by molar-refractivity contribution is -0.137. The normalized spacial score (nSPS) is 11.6. The number of rotatable bonds is 5. The van der Waals surface area contributed by atoms with Crippen LogP contribution in [0.25, 0.3) is 0 Å². The van der Waals surface area contributed by atoms with Gasteiger partial charge in [0, 0.05) is 12.5 Å². The zero-order chi connectivity index (χ0) is 12.7. The van der Waals surface area contributed by atoms with Crippen LogP contribution in [0.4, 0.5) is 4.79 Å². The molecule has 1 aromatic rings. The van der Waals surface area contributed by atoms with E-state index in [0.29, 0.717) is 12.2 Å². The summed E-state index contributed by atoms with van der Waals surface area (Å²) in [7, 11) is 0. The van der Waals surface area contributed by atoms with E-state index >= 15 is 0 Å². The lowest BCUT2D eigenvalue weighted by Gasteiger charge is -2.12. The number of amides is 1. The number of aliphatic carboxylic acids is 1. The van der Waals surface area contributed by atoms with Gasteiger partial charge in [-0.1, -0.05) is 18.2 Å². The fraction of sp³-hybridized carbons (Fsp3) is 0.333. The molecule has 1 unspecified atom stereocenters. The topological polar surface area (TPSA) is 75.6 Å². The van der Waals surface area contributed by atoms with E-state index in [-0.39, 0.29) is 12.5 Å². The minimum atomic E-state index is -0.880. The fourth-order valence-corrected chi connectivity index (χ4v) is 1.24. The fourth-order valence-electron chi connectivity index (χ4n) is 1.24. The first-order chi connectivity index (χ1) is 8.08. The highest BCUT2D eigenvalue weighted by molar-refractivity contribution is 5.71. The number of carbonyl (C=O) groups excluding carboxylic acids is 1. The molecule has 0 heterocycles. The van der Waals surface area contributed by atoms with Gasteiger partial charge in [-0.15, -0.1) is 0 Å². The summed E-state index contributed by atoms with van der Waals surface area (Å²) >= 11 is 0. The molecular weight excluding hydrogens is 222 g/mol. The predicted molar refractivity (Wildman–Crippen MR) is 61.9 cm³/mol. The minimum absolute atomic E-state index is 0.0206. The summed E-state index contributed by atoms with van der Waals surface area (Å²) in [4.78, 5) is 21.7. The Labute approximate surface area is 99.4 Å². The third kappa shape index (κ3) is 5.55. The SMILES string of the molecule is CC(CCC(=O)O)NC(=O)Oc1ccccc1. The van der Waals surface area contributed by atoms with Crippen LogP contribution in [0.3, 0.4) is 0 Å². The van der Waals surface area contributed by atoms with Gasteiger partial charge in [0.15, 0.2) is 0 Å². The summed E-state index contributed by atoms with van der Waals surface area (Å²) in [6.07, 6.45) is -0.180. The Bertz CT molecular complexity index is 377. The van der Waals surface area contributed by atoms with Crippen molar-refractivity contribution < 1.29 is 19.4 Å².